The molecule has 0 saturated heterocycles. The number of likely N-dealkylation sites (N-methyl/N-ethyl adjacent to an activating group) is 1. The molecule has 1 aromatic carbocycles. The SMILES string of the molecule is CCC(CC)N(CCO)CC(=O)N(C)Cc1ccccc1. The van der Waals surface area contributed by atoms with Gasteiger partial charge in [-0.2, -0.15) is 0 Å². The zero-order valence-corrected chi connectivity index (χ0v) is 13.5. The maximum Gasteiger partial charge on any atom is 0.236 e. The van der Waals surface area contributed by atoms with E-state index in [1.54, 1.807) is 4.90 Å². The molecule has 0 fully saturated rings. The van der Waals surface area contributed by atoms with Gasteiger partial charge in [-0.15, -0.1) is 0 Å². The van der Waals surface area contributed by atoms with E-state index in [2.05, 4.69) is 18.7 Å². The zero-order chi connectivity index (χ0) is 15.7. The molecule has 4 nitrogen and oxygen atoms in total. The lowest BCUT2D eigenvalue weighted by Gasteiger charge is -2.30. The largest absolute Gasteiger partial charge is 0.395 e. The predicted octanol–water partition coefficient (Wildman–Crippen LogP) is 2.13. The average molecular weight is 292 g/mol. The summed E-state index contributed by atoms with van der Waals surface area (Å²) in [7, 11) is 1.83. The highest BCUT2D eigenvalue weighted by Gasteiger charge is 2.19. The molecule has 0 atom stereocenters. The molecule has 1 rings (SSSR count). The minimum Gasteiger partial charge on any atom is -0.395 e. The minimum atomic E-state index is 0.0895. The van der Waals surface area contributed by atoms with Gasteiger partial charge in [-0.05, 0) is 18.4 Å². The van der Waals surface area contributed by atoms with Crippen molar-refractivity contribution in [1.82, 2.24) is 9.80 Å². The summed E-state index contributed by atoms with van der Waals surface area (Å²) >= 11 is 0. The molecule has 21 heavy (non-hydrogen) atoms. The lowest BCUT2D eigenvalue weighted by molar-refractivity contribution is -0.132. The summed E-state index contributed by atoms with van der Waals surface area (Å²) in [5, 5.41) is 9.20. The van der Waals surface area contributed by atoms with E-state index in [1.165, 1.54) is 0 Å². The summed E-state index contributed by atoms with van der Waals surface area (Å²) < 4.78 is 0. The first-order valence-corrected chi connectivity index (χ1v) is 7.75. The van der Waals surface area contributed by atoms with Crippen LogP contribution in [0.5, 0.6) is 0 Å². The highest BCUT2D eigenvalue weighted by Crippen LogP contribution is 2.09. The van der Waals surface area contributed by atoms with Crippen LogP contribution in [-0.2, 0) is 11.3 Å². The van der Waals surface area contributed by atoms with Crippen LogP contribution in [0, 0.1) is 0 Å². The summed E-state index contributed by atoms with van der Waals surface area (Å²) in [5.41, 5.74) is 1.13. The van der Waals surface area contributed by atoms with Gasteiger partial charge in [-0.1, -0.05) is 44.2 Å². The van der Waals surface area contributed by atoms with Crippen molar-refractivity contribution >= 4 is 5.91 Å². The summed E-state index contributed by atoms with van der Waals surface area (Å²) in [6.45, 7) is 5.88. The quantitative estimate of drug-likeness (QED) is 0.758. The molecule has 0 radical (unpaired) electrons. The average Bonchev–Trinajstić information content (AvgIpc) is 2.49. The van der Waals surface area contributed by atoms with E-state index in [-0.39, 0.29) is 12.5 Å². The van der Waals surface area contributed by atoms with Crippen LogP contribution in [0.1, 0.15) is 32.3 Å². The molecule has 0 aliphatic heterocycles. The van der Waals surface area contributed by atoms with Crippen LogP contribution in [0.2, 0.25) is 0 Å². The van der Waals surface area contributed by atoms with Crippen LogP contribution in [0.3, 0.4) is 0 Å². The van der Waals surface area contributed by atoms with Gasteiger partial charge >= 0.3 is 0 Å². The second kappa shape index (κ2) is 9.53. The van der Waals surface area contributed by atoms with Crippen molar-refractivity contribution in [1.29, 1.82) is 0 Å². The van der Waals surface area contributed by atoms with Gasteiger partial charge < -0.3 is 10.0 Å². The minimum absolute atomic E-state index is 0.0895. The van der Waals surface area contributed by atoms with E-state index < -0.39 is 0 Å². The molecule has 1 N–H and O–H groups in total. The second-order valence-corrected chi connectivity index (χ2v) is 5.40. The summed E-state index contributed by atoms with van der Waals surface area (Å²) in [4.78, 5) is 16.2. The first kappa shape index (κ1) is 17.7. The normalized spacial score (nSPS) is 11.1. The van der Waals surface area contributed by atoms with E-state index >= 15 is 0 Å². The lowest BCUT2D eigenvalue weighted by Crippen LogP contribution is -2.44. The Hall–Kier alpha value is -1.39. The molecule has 0 aliphatic carbocycles. The Morgan fingerprint density at radius 2 is 1.81 bits per heavy atom. The molecule has 0 aliphatic rings. The van der Waals surface area contributed by atoms with Gasteiger partial charge in [0, 0.05) is 26.2 Å². The van der Waals surface area contributed by atoms with Crippen molar-refractivity contribution in [2.75, 3.05) is 26.7 Å². The summed E-state index contributed by atoms with van der Waals surface area (Å²) in [6.07, 6.45) is 1.98. The highest BCUT2D eigenvalue weighted by atomic mass is 16.3. The van der Waals surface area contributed by atoms with Crippen molar-refractivity contribution in [3.8, 4) is 0 Å². The van der Waals surface area contributed by atoms with Crippen LogP contribution in [0.25, 0.3) is 0 Å². The maximum atomic E-state index is 12.4. The van der Waals surface area contributed by atoms with Crippen molar-refractivity contribution < 1.29 is 9.90 Å². The van der Waals surface area contributed by atoms with E-state index in [1.807, 2.05) is 37.4 Å². The Kier molecular flexibility index (Phi) is 8.01. The van der Waals surface area contributed by atoms with Crippen molar-refractivity contribution in [3.05, 3.63) is 35.9 Å². The second-order valence-electron chi connectivity index (χ2n) is 5.40. The van der Waals surface area contributed by atoms with E-state index in [0.29, 0.717) is 25.7 Å². The number of nitrogens with zero attached hydrogens (tertiary/aromatic N) is 2. The maximum absolute atomic E-state index is 12.4. The van der Waals surface area contributed by atoms with E-state index in [9.17, 15) is 9.90 Å². The third-order valence-electron chi connectivity index (χ3n) is 3.87. The molecule has 4 heteroatoms. The van der Waals surface area contributed by atoms with Crippen molar-refractivity contribution in [2.24, 2.45) is 0 Å². The Balaban J connectivity index is 2.59. The number of benzene rings is 1. The molecule has 1 amide bonds. The smallest absolute Gasteiger partial charge is 0.236 e. The number of hydrogen-bond donors (Lipinski definition) is 1. The van der Waals surface area contributed by atoms with Crippen molar-refractivity contribution in [3.63, 3.8) is 0 Å². The van der Waals surface area contributed by atoms with Gasteiger partial charge in [0.15, 0.2) is 0 Å². The van der Waals surface area contributed by atoms with Crippen LogP contribution >= 0.6 is 0 Å². The third kappa shape index (κ3) is 5.86. The molecule has 0 unspecified atom stereocenters. The Morgan fingerprint density at radius 3 is 2.33 bits per heavy atom. The Morgan fingerprint density at radius 1 is 1.19 bits per heavy atom. The van der Waals surface area contributed by atoms with E-state index in [4.69, 9.17) is 0 Å². The van der Waals surface area contributed by atoms with Crippen LogP contribution in [0.4, 0.5) is 0 Å². The number of amides is 1. The van der Waals surface area contributed by atoms with Crippen LogP contribution in [-0.4, -0.2) is 53.6 Å². The zero-order valence-electron chi connectivity index (χ0n) is 13.5. The summed E-state index contributed by atoms with van der Waals surface area (Å²) in [5.74, 6) is 0.0965. The number of carbonyl (C=O) groups excluding carboxylic acids is 1. The standard InChI is InChI=1S/C17H28N2O2/c1-4-16(5-2)19(11-12-20)14-17(21)18(3)13-15-9-7-6-8-10-15/h6-10,16,20H,4-5,11-14H2,1-3H3. The van der Waals surface area contributed by atoms with Gasteiger partial charge in [0.25, 0.3) is 0 Å². The number of rotatable bonds is 9. The van der Waals surface area contributed by atoms with Gasteiger partial charge in [0.05, 0.1) is 13.2 Å². The monoisotopic (exact) mass is 292 g/mol. The molecule has 1 aromatic rings. The fourth-order valence-corrected chi connectivity index (χ4v) is 2.56. The van der Waals surface area contributed by atoms with Crippen molar-refractivity contribution in [2.45, 2.75) is 39.3 Å². The molecule has 0 spiro atoms. The fraction of sp³-hybridized carbons (Fsp3) is 0.588. The molecular weight excluding hydrogens is 264 g/mol. The van der Waals surface area contributed by atoms with Gasteiger partial charge in [0.1, 0.15) is 0 Å². The number of aliphatic hydroxyl groups is 1. The van der Waals surface area contributed by atoms with Crippen LogP contribution < -0.4 is 0 Å². The number of aliphatic hydroxyl groups excluding tert-OH is 1. The Bertz CT molecular complexity index is 405. The van der Waals surface area contributed by atoms with Gasteiger partial charge in [0.2, 0.25) is 5.91 Å². The number of carbonyl (C=O) groups is 1. The van der Waals surface area contributed by atoms with E-state index in [0.717, 1.165) is 18.4 Å². The fourth-order valence-electron chi connectivity index (χ4n) is 2.56. The first-order chi connectivity index (χ1) is 10.1. The predicted molar refractivity (Wildman–Crippen MR) is 85.9 cm³/mol. The third-order valence-corrected chi connectivity index (χ3v) is 3.87. The topological polar surface area (TPSA) is 43.8 Å². The molecule has 0 heterocycles. The first-order valence-electron chi connectivity index (χ1n) is 7.75. The number of hydrogen-bond acceptors (Lipinski definition) is 3. The molecule has 0 aromatic heterocycles. The van der Waals surface area contributed by atoms with Crippen LogP contribution in [0.15, 0.2) is 30.3 Å². The highest BCUT2D eigenvalue weighted by molar-refractivity contribution is 5.78. The van der Waals surface area contributed by atoms with Gasteiger partial charge in [-0.3, -0.25) is 9.69 Å². The molecule has 0 saturated carbocycles. The molecule has 118 valence electrons. The van der Waals surface area contributed by atoms with Gasteiger partial charge in [-0.25, -0.2) is 0 Å². The lowest BCUT2D eigenvalue weighted by atomic mass is 10.1. The molecule has 0 bridgehead atoms. The summed E-state index contributed by atoms with van der Waals surface area (Å²) in [6, 6.07) is 10.3. The molecular formula is C17H28N2O2. The Labute approximate surface area is 128 Å².